The average molecular weight is 1370 g/mol. The summed E-state index contributed by atoms with van der Waals surface area (Å²) >= 11 is 23.7. The second kappa shape index (κ2) is 29.7. The Kier molecular flexibility index (Phi) is 27.9. The number of aromatic nitrogens is 2. The minimum Gasteiger partial charge on any atom is -1.00 e. The number of carbonyl (C=O) groups excluding carboxylic acids is 3. The van der Waals surface area contributed by atoms with Crippen molar-refractivity contribution >= 4 is 84.7 Å². The van der Waals surface area contributed by atoms with Crippen LogP contribution < -0.4 is 157 Å². The van der Waals surface area contributed by atoms with Gasteiger partial charge in [0.25, 0.3) is 18.3 Å². The van der Waals surface area contributed by atoms with Gasteiger partial charge in [0.15, 0.2) is 23.1 Å². The Bertz CT molecular complexity index is 3180. The SMILES string of the molecule is CS(=O)(=O)NC(=O)c1cc(Cl)c(-c2cnc(F)c(Cl)c2)cc1F.CS(=O)(=O)NC(=O)c1cc(Cl)c(-c2cnc(Oc3cc(F)cc(F)c3F)c(Cl)c2)cc1F.O=CO[O-].Oc1cc(F)cc(F)c1F.[Cs+].[Cs+].[H-]. The van der Waals surface area contributed by atoms with Gasteiger partial charge in [-0.15, -0.1) is 0 Å². The predicted molar refractivity (Wildman–Crippen MR) is 227 cm³/mol. The number of pyridine rings is 2. The van der Waals surface area contributed by atoms with Crippen LogP contribution in [0.25, 0.3) is 22.3 Å². The number of ether oxygens (including phenoxy) is 1. The fraction of sp³-hybridized carbons (Fsp3) is 0.0513. The van der Waals surface area contributed by atoms with Gasteiger partial charge < -0.3 is 21.4 Å². The van der Waals surface area contributed by atoms with Crippen LogP contribution in [0.5, 0.6) is 17.4 Å². The molecule has 6 rings (SSSR count). The number of phenols is 1. The minimum atomic E-state index is -3.93. The number of nitrogens with zero attached hydrogens (tertiary/aromatic N) is 2. The van der Waals surface area contributed by atoms with Crippen LogP contribution in [0.4, 0.5) is 39.5 Å². The Labute approximate surface area is 534 Å². The Morgan fingerprint density at radius 2 is 1.03 bits per heavy atom. The van der Waals surface area contributed by atoms with Gasteiger partial charge in [-0.2, -0.15) is 13.2 Å². The van der Waals surface area contributed by atoms with Gasteiger partial charge in [-0.05, 0) is 36.4 Å². The van der Waals surface area contributed by atoms with E-state index in [0.717, 1.165) is 49.2 Å². The van der Waals surface area contributed by atoms with Crippen molar-refractivity contribution in [1.82, 2.24) is 19.4 Å². The van der Waals surface area contributed by atoms with Crippen LogP contribution in [0.2, 0.25) is 20.1 Å². The number of nitrogens with one attached hydrogen (secondary N) is 2. The normalized spacial score (nSPS) is 10.5. The van der Waals surface area contributed by atoms with Crippen LogP contribution in [0.3, 0.4) is 0 Å². The number of hydrogen-bond acceptors (Lipinski definition) is 13. The molecule has 0 saturated carbocycles. The largest absolute Gasteiger partial charge is 1.00 e. The van der Waals surface area contributed by atoms with Gasteiger partial charge in [-0.3, -0.25) is 14.4 Å². The number of benzene rings is 4. The first kappa shape index (κ1) is 66.7. The van der Waals surface area contributed by atoms with E-state index >= 15 is 0 Å². The third kappa shape index (κ3) is 20.7. The Hall–Kier alpha value is -2.32. The van der Waals surface area contributed by atoms with Crippen LogP contribution >= 0.6 is 46.4 Å². The third-order valence-electron chi connectivity index (χ3n) is 7.56. The number of aromatic hydroxyl groups is 1. The minimum absolute atomic E-state index is 0. The summed E-state index contributed by atoms with van der Waals surface area (Å²) in [5, 5.41) is 16.1. The summed E-state index contributed by atoms with van der Waals surface area (Å²) in [6, 6.07) is 7.82. The molecule has 0 radical (unpaired) electrons. The van der Waals surface area contributed by atoms with Crippen molar-refractivity contribution in [2.24, 2.45) is 0 Å². The van der Waals surface area contributed by atoms with E-state index in [-0.39, 0.29) is 188 Å². The molecule has 3 N–H and O–H groups in total. The summed E-state index contributed by atoms with van der Waals surface area (Å²) < 4.78 is 171. The summed E-state index contributed by atoms with van der Waals surface area (Å²) in [4.78, 5) is 42.1. The van der Waals surface area contributed by atoms with Gasteiger partial charge in [0.05, 0.1) is 28.7 Å². The van der Waals surface area contributed by atoms with Gasteiger partial charge in [0.1, 0.15) is 28.3 Å². The molecule has 2 heterocycles. The molecule has 6 aromatic rings. The van der Waals surface area contributed by atoms with Gasteiger partial charge in [0, 0.05) is 69.0 Å². The smallest absolute Gasteiger partial charge is 1.00 e. The standard InChI is InChI=1S/C19H10Cl2F4N2O4S.C13H8Cl2F2N2O3S.C6H3F3O.CH2O3.2Cs.H/c1-32(29,30)27-18(28)11-5-12(20)10(6-14(11)23)8-2-13(21)19(26-7-8)31-16-4-9(22)3-15(24)17(16)25;1-23(21,22)19-13(20)8-3-9(14)7(4-11(8)16)6-2-10(15)12(17)18-5-6;7-3-1-4(8)6(9)5(10)2-3;2-1-4-3;;;/h2-7H,1H3,(H,27,28);2-5H,1H3,(H,19,20);1-2,10H;1,3H;;;/q;;;;2*+1;-1/p-1. The number of amides is 2. The summed E-state index contributed by atoms with van der Waals surface area (Å²) in [5.41, 5.74) is -0.641. The zero-order chi connectivity index (χ0) is 52.3. The molecule has 32 heteroatoms. The quantitative estimate of drug-likeness (QED) is 0.0473. The molecule has 370 valence electrons. The van der Waals surface area contributed by atoms with E-state index in [0.29, 0.717) is 24.3 Å². The zero-order valence-electron chi connectivity index (χ0n) is 36.7. The maximum absolute atomic E-state index is 14.4. The summed E-state index contributed by atoms with van der Waals surface area (Å²) in [7, 11) is -7.78. The molecule has 71 heavy (non-hydrogen) atoms. The van der Waals surface area contributed by atoms with Crippen molar-refractivity contribution in [3.8, 4) is 39.6 Å². The molecule has 0 fully saturated rings. The van der Waals surface area contributed by atoms with Gasteiger partial charge >= 0.3 is 138 Å². The molecule has 0 aliphatic rings. The molecular weight excluding hydrogens is 1340 g/mol. The molecular formula is C39H23Cl4Cs2F9N4O11S2. The van der Waals surface area contributed by atoms with Crippen molar-refractivity contribution in [2.45, 2.75) is 0 Å². The average Bonchev–Trinajstić information content (AvgIpc) is 3.24. The molecule has 2 aromatic heterocycles. The molecule has 4 aromatic carbocycles. The second-order valence-electron chi connectivity index (χ2n) is 12.8. The molecule has 0 bridgehead atoms. The van der Waals surface area contributed by atoms with E-state index in [1.165, 1.54) is 12.1 Å². The van der Waals surface area contributed by atoms with E-state index in [2.05, 4.69) is 14.9 Å². The second-order valence-corrected chi connectivity index (χ2v) is 17.9. The van der Waals surface area contributed by atoms with Gasteiger partial charge in [-0.1, -0.05) is 46.4 Å². The van der Waals surface area contributed by atoms with Crippen molar-refractivity contribution in [3.63, 3.8) is 0 Å². The molecule has 15 nitrogen and oxygen atoms in total. The van der Waals surface area contributed by atoms with E-state index in [9.17, 15) is 65.9 Å². The number of phenolic OH excluding ortho intramolecular Hbond substituents is 1. The number of rotatable bonds is 9. The number of sulfonamides is 2. The summed E-state index contributed by atoms with van der Waals surface area (Å²) in [6.07, 6.45) is 3.68. The molecule has 0 atom stereocenters. The first-order chi connectivity index (χ1) is 32.0. The fourth-order valence-corrected chi connectivity index (χ4v) is 6.61. The van der Waals surface area contributed by atoms with E-state index < -0.39 is 113 Å². The van der Waals surface area contributed by atoms with E-state index in [4.69, 9.17) is 66.3 Å². The molecule has 0 aliphatic heterocycles. The predicted octanol–water partition coefficient (Wildman–Crippen LogP) is 2.48. The summed E-state index contributed by atoms with van der Waals surface area (Å²) in [6.45, 7) is -0.181. The van der Waals surface area contributed by atoms with Crippen molar-refractivity contribution in [2.75, 3.05) is 12.5 Å². The van der Waals surface area contributed by atoms with Crippen LogP contribution in [0.1, 0.15) is 22.1 Å². The monoisotopic (exact) mass is 1360 g/mol. The molecule has 0 saturated heterocycles. The number of halogens is 13. The Morgan fingerprint density at radius 1 is 0.620 bits per heavy atom. The maximum Gasteiger partial charge on any atom is 1.00 e. The first-order valence-corrected chi connectivity index (χ1v) is 22.6. The Morgan fingerprint density at radius 3 is 1.42 bits per heavy atom. The van der Waals surface area contributed by atoms with Crippen molar-refractivity contribution in [3.05, 3.63) is 157 Å². The van der Waals surface area contributed by atoms with Crippen LogP contribution in [-0.2, 0) is 29.7 Å². The van der Waals surface area contributed by atoms with Crippen molar-refractivity contribution in [1.29, 1.82) is 0 Å². The summed E-state index contributed by atoms with van der Waals surface area (Å²) in [5.74, 6) is -15.4. The number of hydrogen-bond donors (Lipinski definition) is 3. The topological polar surface area (TPSA) is 231 Å². The number of carbonyl (C=O) groups is 3. The van der Waals surface area contributed by atoms with Crippen LogP contribution in [0.15, 0.2) is 73.1 Å². The Balaban J connectivity index is 0.00000110. The maximum atomic E-state index is 14.4. The van der Waals surface area contributed by atoms with Crippen LogP contribution in [-0.4, -0.2) is 62.7 Å². The molecule has 0 unspecified atom stereocenters. The fourth-order valence-electron chi connectivity index (χ4n) is 4.80. The third-order valence-corrected chi connectivity index (χ3v) is 9.84. The van der Waals surface area contributed by atoms with Crippen LogP contribution in [0, 0.1) is 52.5 Å². The molecule has 0 aliphatic carbocycles. The van der Waals surface area contributed by atoms with Gasteiger partial charge in [-0.25, -0.2) is 62.6 Å². The van der Waals surface area contributed by atoms with Gasteiger partial charge in [0.2, 0.25) is 43.5 Å². The molecule has 2 amide bonds. The van der Waals surface area contributed by atoms with Crippen molar-refractivity contribution < 1.29 is 230 Å². The first-order valence-electron chi connectivity index (χ1n) is 17.3. The molecule has 0 spiro atoms. The van der Waals surface area contributed by atoms with E-state index in [1.807, 2.05) is 0 Å². The zero-order valence-corrected chi connectivity index (χ0v) is 52.9. The van der Waals surface area contributed by atoms with E-state index in [1.54, 1.807) is 9.44 Å².